The van der Waals surface area contributed by atoms with Crippen LogP contribution in [0, 0.1) is 11.6 Å². The Bertz CT molecular complexity index is 977. The van der Waals surface area contributed by atoms with Crippen molar-refractivity contribution in [2.24, 2.45) is 12.8 Å². The number of halogens is 5. The molecule has 0 radical (unpaired) electrons. The summed E-state index contributed by atoms with van der Waals surface area (Å²) >= 11 is 0. The number of carbonyl (C=O) groups excluding carboxylic acids is 1. The van der Waals surface area contributed by atoms with E-state index in [0.717, 1.165) is 18.2 Å². The van der Waals surface area contributed by atoms with Gasteiger partial charge in [-0.1, -0.05) is 0 Å². The average molecular weight is 430 g/mol. The van der Waals surface area contributed by atoms with Gasteiger partial charge in [-0.25, -0.2) is 13.8 Å². The van der Waals surface area contributed by atoms with E-state index in [4.69, 9.17) is 10.5 Å². The van der Waals surface area contributed by atoms with Crippen molar-refractivity contribution >= 4 is 6.29 Å². The maximum absolute atomic E-state index is 14.2. The Kier molecular flexibility index (Phi) is 5.15. The Morgan fingerprint density at radius 1 is 1.27 bits per heavy atom. The molecular formula is C19H19F5N4O2. The van der Waals surface area contributed by atoms with Gasteiger partial charge < -0.3 is 15.0 Å². The SMILES string of the molecule is Cn1c(C=O)nc2c1CN(C1CC(N)[C@@H](c3cc(F)ccc3F)OC1C(F)(F)F)C2. The molecule has 3 heterocycles. The van der Waals surface area contributed by atoms with Gasteiger partial charge in [-0.2, -0.15) is 13.2 Å². The first kappa shape index (κ1) is 20.9. The maximum Gasteiger partial charge on any atom is 0.416 e. The number of aldehydes is 1. The zero-order valence-electron chi connectivity index (χ0n) is 15.9. The van der Waals surface area contributed by atoms with Gasteiger partial charge >= 0.3 is 6.18 Å². The van der Waals surface area contributed by atoms with E-state index in [1.165, 1.54) is 0 Å². The number of hydrogen-bond acceptors (Lipinski definition) is 5. The van der Waals surface area contributed by atoms with Crippen LogP contribution in [-0.4, -0.2) is 45.1 Å². The van der Waals surface area contributed by atoms with E-state index in [9.17, 15) is 26.7 Å². The second-order valence-corrected chi connectivity index (χ2v) is 7.60. The van der Waals surface area contributed by atoms with Crippen LogP contribution in [0.1, 0.15) is 40.1 Å². The number of aromatic nitrogens is 2. The Balaban J connectivity index is 1.62. The number of hydrogen-bond donors (Lipinski definition) is 1. The summed E-state index contributed by atoms with van der Waals surface area (Å²) in [6.45, 7) is 0.238. The van der Waals surface area contributed by atoms with E-state index in [1.807, 2.05) is 0 Å². The number of rotatable bonds is 3. The van der Waals surface area contributed by atoms with Gasteiger partial charge in [0.25, 0.3) is 0 Å². The third-order valence-corrected chi connectivity index (χ3v) is 5.74. The first-order valence-electron chi connectivity index (χ1n) is 9.26. The largest absolute Gasteiger partial charge is 0.416 e. The Labute approximate surface area is 168 Å². The maximum atomic E-state index is 14.2. The van der Waals surface area contributed by atoms with Crippen LogP contribution in [0.5, 0.6) is 0 Å². The third-order valence-electron chi connectivity index (χ3n) is 5.74. The lowest BCUT2D eigenvalue weighted by Crippen LogP contribution is -2.58. The van der Waals surface area contributed by atoms with Crippen LogP contribution in [0.15, 0.2) is 18.2 Å². The van der Waals surface area contributed by atoms with Crippen molar-refractivity contribution in [2.75, 3.05) is 0 Å². The molecule has 2 aliphatic rings. The van der Waals surface area contributed by atoms with Gasteiger partial charge in [0.05, 0.1) is 11.4 Å². The third kappa shape index (κ3) is 3.50. The summed E-state index contributed by atoms with van der Waals surface area (Å²) in [5, 5.41) is 0. The molecule has 1 fully saturated rings. The van der Waals surface area contributed by atoms with Crippen LogP contribution in [0.3, 0.4) is 0 Å². The predicted octanol–water partition coefficient (Wildman–Crippen LogP) is 2.61. The number of carbonyl (C=O) groups is 1. The molecule has 30 heavy (non-hydrogen) atoms. The lowest BCUT2D eigenvalue weighted by Gasteiger charge is -2.44. The molecule has 1 aromatic heterocycles. The predicted molar refractivity (Wildman–Crippen MR) is 94.2 cm³/mol. The summed E-state index contributed by atoms with van der Waals surface area (Å²) in [7, 11) is 1.62. The van der Waals surface area contributed by atoms with Gasteiger partial charge in [-0.05, 0) is 24.6 Å². The van der Waals surface area contributed by atoms with Gasteiger partial charge in [-0.15, -0.1) is 0 Å². The molecule has 1 aromatic carbocycles. The quantitative estimate of drug-likeness (QED) is 0.599. The summed E-state index contributed by atoms with van der Waals surface area (Å²) in [6, 6.07) is 0.403. The van der Waals surface area contributed by atoms with Gasteiger partial charge in [0.15, 0.2) is 18.2 Å². The molecule has 2 aliphatic heterocycles. The lowest BCUT2D eigenvalue weighted by atomic mass is 9.89. The van der Waals surface area contributed by atoms with Crippen LogP contribution in [0.4, 0.5) is 22.0 Å². The standard InChI is InChI=1S/C19H19F5N4O2/c1-27-15-7-28(6-13(15)26-16(27)8-29)14-5-12(25)17(30-18(14)19(22,23)24)10-4-9(20)2-3-11(10)21/h2-4,8,12,14,17-18H,5-7,25H2,1H3/t12?,14?,17-,18?/m1/s1. The summed E-state index contributed by atoms with van der Waals surface area (Å²) in [6.07, 6.45) is -7.99. The first-order chi connectivity index (χ1) is 14.1. The highest BCUT2D eigenvalue weighted by atomic mass is 19.4. The fraction of sp³-hybridized carbons (Fsp3) is 0.474. The first-order valence-corrected chi connectivity index (χ1v) is 9.26. The van der Waals surface area contributed by atoms with Crippen LogP contribution < -0.4 is 5.73 Å². The number of ether oxygens (including phenoxy) is 1. The molecule has 6 nitrogen and oxygen atoms in total. The van der Waals surface area contributed by atoms with Crippen LogP contribution in [0.2, 0.25) is 0 Å². The molecule has 0 bridgehead atoms. The molecule has 0 spiro atoms. The highest BCUT2D eigenvalue weighted by Gasteiger charge is 2.54. The zero-order chi connectivity index (χ0) is 21.8. The minimum atomic E-state index is -4.75. The van der Waals surface area contributed by atoms with Gasteiger partial charge in [0.1, 0.15) is 17.7 Å². The van der Waals surface area contributed by atoms with Crippen molar-refractivity contribution < 1.29 is 31.5 Å². The minimum Gasteiger partial charge on any atom is -0.357 e. The van der Waals surface area contributed by atoms with Crippen LogP contribution in [-0.2, 0) is 24.9 Å². The molecule has 162 valence electrons. The monoisotopic (exact) mass is 430 g/mol. The van der Waals surface area contributed by atoms with Gasteiger partial charge in [0.2, 0.25) is 0 Å². The minimum absolute atomic E-state index is 0.101. The lowest BCUT2D eigenvalue weighted by molar-refractivity contribution is -0.269. The molecule has 4 atom stereocenters. The summed E-state index contributed by atoms with van der Waals surface area (Å²) in [4.78, 5) is 16.7. The van der Waals surface area contributed by atoms with Crippen LogP contribution >= 0.6 is 0 Å². The number of alkyl halides is 3. The fourth-order valence-corrected chi connectivity index (χ4v) is 4.26. The van der Waals surface area contributed by atoms with Crippen LogP contribution in [0.25, 0.3) is 0 Å². The summed E-state index contributed by atoms with van der Waals surface area (Å²) in [5.74, 6) is -1.47. The highest BCUT2D eigenvalue weighted by Crippen LogP contribution is 2.42. The van der Waals surface area contributed by atoms with E-state index < -0.39 is 42.1 Å². The van der Waals surface area contributed by atoms with E-state index in [2.05, 4.69) is 4.98 Å². The molecule has 3 unspecified atom stereocenters. The molecule has 2 aromatic rings. The van der Waals surface area contributed by atoms with E-state index in [-0.39, 0.29) is 30.9 Å². The molecule has 1 saturated heterocycles. The Morgan fingerprint density at radius 3 is 2.63 bits per heavy atom. The van der Waals surface area contributed by atoms with Crippen molar-refractivity contribution in [2.45, 2.75) is 50.0 Å². The van der Waals surface area contributed by atoms with E-state index in [1.54, 1.807) is 16.5 Å². The molecule has 4 rings (SSSR count). The smallest absolute Gasteiger partial charge is 0.357 e. The Morgan fingerprint density at radius 2 is 2.00 bits per heavy atom. The number of fused-ring (bicyclic) bond motifs is 1. The molecule has 11 heteroatoms. The number of nitrogens with two attached hydrogens (primary N) is 1. The molecule has 2 N–H and O–H groups in total. The molecular weight excluding hydrogens is 411 g/mol. The fourth-order valence-electron chi connectivity index (χ4n) is 4.26. The van der Waals surface area contributed by atoms with Crippen molar-refractivity contribution in [1.29, 1.82) is 0 Å². The van der Waals surface area contributed by atoms with E-state index in [0.29, 0.717) is 17.7 Å². The van der Waals surface area contributed by atoms with Gasteiger partial charge in [0, 0.05) is 37.8 Å². The van der Waals surface area contributed by atoms with Crippen molar-refractivity contribution in [3.63, 3.8) is 0 Å². The number of benzene rings is 1. The highest BCUT2D eigenvalue weighted by molar-refractivity contribution is 5.70. The molecule has 0 amide bonds. The average Bonchev–Trinajstić information content (AvgIpc) is 3.22. The topological polar surface area (TPSA) is 73.4 Å². The van der Waals surface area contributed by atoms with E-state index >= 15 is 0 Å². The zero-order valence-corrected chi connectivity index (χ0v) is 15.9. The number of nitrogens with zero attached hydrogens (tertiary/aromatic N) is 3. The van der Waals surface area contributed by atoms with Crippen molar-refractivity contribution in [3.05, 3.63) is 52.6 Å². The Hall–Kier alpha value is -2.37. The normalized spacial score (nSPS) is 27.3. The van der Waals surface area contributed by atoms with Crippen molar-refractivity contribution in [3.8, 4) is 0 Å². The summed E-state index contributed by atoms with van der Waals surface area (Å²) in [5.41, 5.74) is 6.90. The molecule has 0 aliphatic carbocycles. The summed E-state index contributed by atoms with van der Waals surface area (Å²) < 4.78 is 76.2. The second kappa shape index (κ2) is 7.40. The van der Waals surface area contributed by atoms with Crippen molar-refractivity contribution in [1.82, 2.24) is 14.5 Å². The van der Waals surface area contributed by atoms with Gasteiger partial charge in [-0.3, -0.25) is 9.69 Å². The molecule has 0 saturated carbocycles. The number of imidazole rings is 1. The second-order valence-electron chi connectivity index (χ2n) is 7.60.